The van der Waals surface area contributed by atoms with Gasteiger partial charge in [0.25, 0.3) is 0 Å². The molecule has 0 unspecified atom stereocenters. The van der Waals surface area contributed by atoms with Crippen LogP contribution in [0.4, 0.5) is 5.13 Å². The van der Waals surface area contributed by atoms with E-state index in [-0.39, 0.29) is 6.61 Å². The van der Waals surface area contributed by atoms with Crippen LogP contribution in [0.25, 0.3) is 0 Å². The highest BCUT2D eigenvalue weighted by Crippen LogP contribution is 2.35. The molecule has 4 heteroatoms. The first-order valence-corrected chi connectivity index (χ1v) is 6.72. The van der Waals surface area contributed by atoms with Gasteiger partial charge in [-0.05, 0) is 18.3 Å². The molecule has 1 saturated heterocycles. The lowest BCUT2D eigenvalue weighted by atomic mass is 9.93. The number of rotatable bonds is 3. The van der Waals surface area contributed by atoms with Crippen molar-refractivity contribution in [3.63, 3.8) is 0 Å². The maximum absolute atomic E-state index is 9.26. The Morgan fingerprint density at radius 3 is 2.69 bits per heavy atom. The molecular formula is C12H20N2OS. The largest absolute Gasteiger partial charge is 0.391 e. The summed E-state index contributed by atoms with van der Waals surface area (Å²) >= 11 is 1.65. The summed E-state index contributed by atoms with van der Waals surface area (Å²) in [5.74, 6) is 0. The van der Waals surface area contributed by atoms with Crippen molar-refractivity contribution in [1.82, 2.24) is 4.98 Å². The first-order chi connectivity index (χ1) is 7.55. The first kappa shape index (κ1) is 11.9. The molecule has 1 aromatic rings. The second kappa shape index (κ2) is 4.34. The van der Waals surface area contributed by atoms with Gasteiger partial charge in [0.2, 0.25) is 0 Å². The second-order valence-corrected chi connectivity index (χ2v) is 6.28. The van der Waals surface area contributed by atoms with Gasteiger partial charge in [-0.25, -0.2) is 4.98 Å². The molecule has 0 amide bonds. The van der Waals surface area contributed by atoms with E-state index in [1.165, 1.54) is 6.42 Å². The highest BCUT2D eigenvalue weighted by atomic mass is 32.1. The molecule has 1 fully saturated rings. The van der Waals surface area contributed by atoms with Gasteiger partial charge in [-0.2, -0.15) is 0 Å². The van der Waals surface area contributed by atoms with E-state index >= 15 is 0 Å². The topological polar surface area (TPSA) is 36.4 Å². The molecule has 0 saturated carbocycles. The lowest BCUT2D eigenvalue weighted by Crippen LogP contribution is -2.22. The summed E-state index contributed by atoms with van der Waals surface area (Å²) in [7, 11) is 0. The number of aromatic nitrogens is 1. The van der Waals surface area contributed by atoms with E-state index in [0.717, 1.165) is 35.2 Å². The Bertz CT molecular complexity index is 352. The molecule has 1 aliphatic heterocycles. The van der Waals surface area contributed by atoms with Crippen molar-refractivity contribution in [3.05, 3.63) is 10.6 Å². The van der Waals surface area contributed by atoms with E-state index in [4.69, 9.17) is 0 Å². The standard InChI is InChI=1S/C12H20N2OS/c1-4-9-10(7-15)16-11(13-9)14-6-5-12(2,3)8-14/h15H,4-8H2,1-3H3. The summed E-state index contributed by atoms with van der Waals surface area (Å²) in [6.45, 7) is 8.98. The van der Waals surface area contributed by atoms with Crippen molar-refractivity contribution < 1.29 is 5.11 Å². The summed E-state index contributed by atoms with van der Waals surface area (Å²) in [6, 6.07) is 0. The Hall–Kier alpha value is -0.610. The van der Waals surface area contributed by atoms with Crippen molar-refractivity contribution in [2.75, 3.05) is 18.0 Å². The van der Waals surface area contributed by atoms with Crippen LogP contribution in [-0.2, 0) is 13.0 Å². The van der Waals surface area contributed by atoms with Crippen molar-refractivity contribution in [2.24, 2.45) is 5.41 Å². The lowest BCUT2D eigenvalue weighted by molar-refractivity contribution is 0.284. The van der Waals surface area contributed by atoms with E-state index in [0.29, 0.717) is 5.41 Å². The molecule has 16 heavy (non-hydrogen) atoms. The van der Waals surface area contributed by atoms with E-state index in [1.54, 1.807) is 11.3 Å². The van der Waals surface area contributed by atoms with Crippen LogP contribution in [0.15, 0.2) is 0 Å². The summed E-state index contributed by atoms with van der Waals surface area (Å²) in [6.07, 6.45) is 2.13. The number of aryl methyl sites for hydroxylation is 1. The van der Waals surface area contributed by atoms with Gasteiger partial charge in [-0.1, -0.05) is 32.1 Å². The maximum Gasteiger partial charge on any atom is 0.185 e. The fourth-order valence-corrected chi connectivity index (χ4v) is 3.21. The summed E-state index contributed by atoms with van der Waals surface area (Å²) in [4.78, 5) is 8.01. The Morgan fingerprint density at radius 2 is 2.25 bits per heavy atom. The molecule has 1 aromatic heterocycles. The zero-order valence-electron chi connectivity index (χ0n) is 10.3. The molecular weight excluding hydrogens is 220 g/mol. The van der Waals surface area contributed by atoms with E-state index in [1.807, 2.05) is 0 Å². The fraction of sp³-hybridized carbons (Fsp3) is 0.750. The fourth-order valence-electron chi connectivity index (χ4n) is 2.18. The van der Waals surface area contributed by atoms with Crippen LogP contribution in [0.3, 0.4) is 0 Å². The number of nitrogens with zero attached hydrogens (tertiary/aromatic N) is 2. The number of aliphatic hydroxyl groups is 1. The summed E-state index contributed by atoms with van der Waals surface area (Å²) in [5.41, 5.74) is 1.46. The minimum atomic E-state index is 0.123. The Kier molecular flexibility index (Phi) is 3.22. The highest BCUT2D eigenvalue weighted by molar-refractivity contribution is 7.15. The smallest absolute Gasteiger partial charge is 0.185 e. The average molecular weight is 240 g/mol. The van der Waals surface area contributed by atoms with Gasteiger partial charge in [0, 0.05) is 13.1 Å². The van der Waals surface area contributed by atoms with Gasteiger partial charge in [0.05, 0.1) is 17.2 Å². The van der Waals surface area contributed by atoms with Crippen molar-refractivity contribution >= 4 is 16.5 Å². The molecule has 1 aliphatic rings. The zero-order valence-corrected chi connectivity index (χ0v) is 11.1. The molecule has 0 spiro atoms. The first-order valence-electron chi connectivity index (χ1n) is 5.90. The molecule has 2 rings (SSSR count). The molecule has 0 bridgehead atoms. The quantitative estimate of drug-likeness (QED) is 0.881. The predicted molar refractivity (Wildman–Crippen MR) is 68.0 cm³/mol. The Labute approximate surface area is 101 Å². The maximum atomic E-state index is 9.26. The van der Waals surface area contributed by atoms with Crippen LogP contribution in [0.2, 0.25) is 0 Å². The minimum absolute atomic E-state index is 0.123. The normalized spacial score (nSPS) is 19.4. The molecule has 3 nitrogen and oxygen atoms in total. The lowest BCUT2D eigenvalue weighted by Gasteiger charge is -2.18. The van der Waals surface area contributed by atoms with E-state index in [2.05, 4.69) is 30.7 Å². The number of hydrogen-bond acceptors (Lipinski definition) is 4. The second-order valence-electron chi connectivity index (χ2n) is 5.21. The minimum Gasteiger partial charge on any atom is -0.391 e. The number of aliphatic hydroxyl groups excluding tert-OH is 1. The van der Waals surface area contributed by atoms with Gasteiger partial charge < -0.3 is 10.0 Å². The molecule has 90 valence electrons. The Balaban J connectivity index is 2.19. The third-order valence-electron chi connectivity index (χ3n) is 3.19. The van der Waals surface area contributed by atoms with Crippen molar-refractivity contribution in [3.8, 4) is 0 Å². The monoisotopic (exact) mass is 240 g/mol. The van der Waals surface area contributed by atoms with Gasteiger partial charge in [0.15, 0.2) is 5.13 Å². The average Bonchev–Trinajstić information content (AvgIpc) is 2.80. The van der Waals surface area contributed by atoms with Gasteiger partial charge in [-0.3, -0.25) is 0 Å². The summed E-state index contributed by atoms with van der Waals surface area (Å²) < 4.78 is 0. The number of anilines is 1. The van der Waals surface area contributed by atoms with Gasteiger partial charge >= 0.3 is 0 Å². The SMILES string of the molecule is CCc1nc(N2CCC(C)(C)C2)sc1CO. The van der Waals surface area contributed by atoms with Crippen molar-refractivity contribution in [1.29, 1.82) is 0 Å². The molecule has 2 heterocycles. The molecule has 1 N–H and O–H groups in total. The van der Waals surface area contributed by atoms with Crippen LogP contribution >= 0.6 is 11.3 Å². The highest BCUT2D eigenvalue weighted by Gasteiger charge is 2.31. The summed E-state index contributed by atoms with van der Waals surface area (Å²) in [5, 5.41) is 10.3. The molecule has 0 aromatic carbocycles. The molecule has 0 aliphatic carbocycles. The van der Waals surface area contributed by atoms with Crippen LogP contribution in [-0.4, -0.2) is 23.2 Å². The van der Waals surface area contributed by atoms with Crippen molar-refractivity contribution in [2.45, 2.75) is 40.2 Å². The van der Waals surface area contributed by atoms with Gasteiger partial charge in [0.1, 0.15) is 0 Å². The van der Waals surface area contributed by atoms with Crippen LogP contribution in [0, 0.1) is 5.41 Å². The third kappa shape index (κ3) is 2.23. The number of thiazole rings is 1. The van der Waals surface area contributed by atoms with Crippen LogP contribution in [0.5, 0.6) is 0 Å². The molecule has 0 atom stereocenters. The van der Waals surface area contributed by atoms with Crippen LogP contribution < -0.4 is 4.90 Å². The molecule has 0 radical (unpaired) electrons. The number of hydrogen-bond donors (Lipinski definition) is 1. The Morgan fingerprint density at radius 1 is 1.50 bits per heavy atom. The van der Waals surface area contributed by atoms with E-state index in [9.17, 15) is 5.11 Å². The third-order valence-corrected chi connectivity index (χ3v) is 4.34. The zero-order chi connectivity index (χ0) is 11.8. The predicted octanol–water partition coefficient (Wildman–Crippen LogP) is 2.43. The van der Waals surface area contributed by atoms with Crippen LogP contribution in [0.1, 0.15) is 37.8 Å². The van der Waals surface area contributed by atoms with E-state index < -0.39 is 0 Å². The van der Waals surface area contributed by atoms with Gasteiger partial charge in [-0.15, -0.1) is 0 Å².